The van der Waals surface area contributed by atoms with Gasteiger partial charge in [-0.25, -0.2) is 9.59 Å². The van der Waals surface area contributed by atoms with Gasteiger partial charge >= 0.3 is 11.9 Å². The molecular formula is C26H24N2O6. The standard InChI is InChI=1S/C26H24N2O6/c1-3-5-7-9-23(29)27-21-13-11-17(15-19(21)25(31)32)18-12-14-22(20(16-18)26(33)34)28-24(30)10-8-6-4-2/h3-16H,1-2H3,(H,27,29)(H,28,30)(H,31,32)(H,33,34)/b5-3+,6-4+,9-7-,10-8-. The molecule has 2 rings (SSSR count). The van der Waals surface area contributed by atoms with Gasteiger partial charge in [-0.1, -0.05) is 48.6 Å². The van der Waals surface area contributed by atoms with Crippen LogP contribution >= 0.6 is 0 Å². The van der Waals surface area contributed by atoms with Crippen LogP contribution in [0.25, 0.3) is 11.1 Å². The molecule has 34 heavy (non-hydrogen) atoms. The van der Waals surface area contributed by atoms with E-state index in [9.17, 15) is 29.4 Å². The van der Waals surface area contributed by atoms with Gasteiger partial charge < -0.3 is 20.8 Å². The summed E-state index contributed by atoms with van der Waals surface area (Å²) in [5.41, 5.74) is 0.729. The van der Waals surface area contributed by atoms with Gasteiger partial charge in [-0.3, -0.25) is 9.59 Å². The first-order chi connectivity index (χ1) is 16.3. The average Bonchev–Trinajstić information content (AvgIpc) is 2.79. The minimum Gasteiger partial charge on any atom is -0.478 e. The highest BCUT2D eigenvalue weighted by atomic mass is 16.4. The Morgan fingerprint density at radius 2 is 1.03 bits per heavy atom. The summed E-state index contributed by atoms with van der Waals surface area (Å²) in [6, 6.07) is 8.68. The molecule has 0 aliphatic heterocycles. The summed E-state index contributed by atoms with van der Waals surface area (Å²) in [6.45, 7) is 3.59. The maximum atomic E-state index is 12.0. The third kappa shape index (κ3) is 7.16. The molecule has 0 aliphatic rings. The van der Waals surface area contributed by atoms with Crippen molar-refractivity contribution in [2.45, 2.75) is 13.8 Å². The second-order valence-electron chi connectivity index (χ2n) is 6.88. The Hall–Kier alpha value is -4.72. The van der Waals surface area contributed by atoms with E-state index in [1.807, 2.05) is 0 Å². The molecule has 0 radical (unpaired) electrons. The fourth-order valence-corrected chi connectivity index (χ4v) is 2.88. The number of anilines is 2. The Labute approximate surface area is 196 Å². The van der Waals surface area contributed by atoms with Crippen LogP contribution in [0.5, 0.6) is 0 Å². The number of carboxylic acids is 2. The first-order valence-electron chi connectivity index (χ1n) is 10.2. The van der Waals surface area contributed by atoms with Crippen molar-refractivity contribution in [1.29, 1.82) is 0 Å². The van der Waals surface area contributed by atoms with Crippen molar-refractivity contribution < 1.29 is 29.4 Å². The predicted octanol–water partition coefficient (Wildman–Crippen LogP) is 4.89. The van der Waals surface area contributed by atoms with Crippen LogP contribution in [0.1, 0.15) is 34.6 Å². The SMILES string of the molecule is C/C=C/C=C\C(=O)Nc1ccc(-c2ccc(NC(=O)/C=C\C=C\C)c(C(=O)O)c2)cc1C(=O)O. The number of carbonyl (C=O) groups is 4. The molecule has 8 heteroatoms. The maximum Gasteiger partial charge on any atom is 0.337 e. The van der Waals surface area contributed by atoms with Gasteiger partial charge in [0.15, 0.2) is 0 Å². The van der Waals surface area contributed by atoms with Crippen LogP contribution in [0.4, 0.5) is 11.4 Å². The molecule has 0 saturated carbocycles. The lowest BCUT2D eigenvalue weighted by Gasteiger charge is -2.12. The molecule has 0 saturated heterocycles. The maximum absolute atomic E-state index is 12.0. The zero-order valence-electron chi connectivity index (χ0n) is 18.6. The lowest BCUT2D eigenvalue weighted by atomic mass is 9.99. The Morgan fingerprint density at radius 1 is 0.647 bits per heavy atom. The third-order valence-electron chi connectivity index (χ3n) is 4.45. The molecule has 0 aromatic heterocycles. The highest BCUT2D eigenvalue weighted by Crippen LogP contribution is 2.29. The van der Waals surface area contributed by atoms with Gasteiger partial charge in [-0.05, 0) is 49.2 Å². The molecule has 0 atom stereocenters. The summed E-state index contributed by atoms with van der Waals surface area (Å²) in [7, 11) is 0. The Balaban J connectivity index is 2.39. The summed E-state index contributed by atoms with van der Waals surface area (Å²) in [5, 5.41) is 24.2. The Morgan fingerprint density at radius 3 is 1.35 bits per heavy atom. The van der Waals surface area contributed by atoms with Crippen molar-refractivity contribution in [3.05, 3.63) is 96.1 Å². The largest absolute Gasteiger partial charge is 0.478 e. The van der Waals surface area contributed by atoms with Crippen molar-refractivity contribution >= 4 is 35.1 Å². The number of benzene rings is 2. The number of carbonyl (C=O) groups excluding carboxylic acids is 2. The molecule has 0 fully saturated rings. The monoisotopic (exact) mass is 460 g/mol. The van der Waals surface area contributed by atoms with Gasteiger partial charge in [-0.2, -0.15) is 0 Å². The van der Waals surface area contributed by atoms with Crippen LogP contribution in [0.2, 0.25) is 0 Å². The van der Waals surface area contributed by atoms with E-state index >= 15 is 0 Å². The first kappa shape index (κ1) is 25.5. The van der Waals surface area contributed by atoms with Crippen molar-refractivity contribution in [2.24, 2.45) is 0 Å². The summed E-state index contributed by atoms with van der Waals surface area (Å²) in [4.78, 5) is 47.6. The summed E-state index contributed by atoms with van der Waals surface area (Å²) in [5.74, 6) is -3.51. The number of rotatable bonds is 9. The highest BCUT2D eigenvalue weighted by molar-refractivity contribution is 6.06. The number of hydrogen-bond acceptors (Lipinski definition) is 4. The molecule has 2 aromatic carbocycles. The molecule has 2 aromatic rings. The number of nitrogens with one attached hydrogen (secondary N) is 2. The molecule has 0 bridgehead atoms. The Kier molecular flexibility index (Phi) is 9.28. The molecule has 8 nitrogen and oxygen atoms in total. The summed E-state index contributed by atoms with van der Waals surface area (Å²) < 4.78 is 0. The van der Waals surface area contributed by atoms with Crippen LogP contribution < -0.4 is 10.6 Å². The molecule has 0 spiro atoms. The zero-order chi connectivity index (χ0) is 25.1. The van der Waals surface area contributed by atoms with Gasteiger partial charge in [0.05, 0.1) is 22.5 Å². The lowest BCUT2D eigenvalue weighted by molar-refractivity contribution is -0.112. The van der Waals surface area contributed by atoms with Gasteiger partial charge in [-0.15, -0.1) is 0 Å². The summed E-state index contributed by atoms with van der Waals surface area (Å²) >= 11 is 0. The van der Waals surface area contributed by atoms with Gasteiger partial charge in [0.1, 0.15) is 0 Å². The van der Waals surface area contributed by atoms with Crippen LogP contribution in [0.15, 0.2) is 85.0 Å². The number of carboxylic acid groups (broad SMARTS) is 2. The van der Waals surface area contributed by atoms with Crippen LogP contribution in [-0.2, 0) is 9.59 Å². The minimum atomic E-state index is -1.26. The van der Waals surface area contributed by atoms with Gasteiger partial charge in [0, 0.05) is 12.2 Å². The van der Waals surface area contributed by atoms with E-state index < -0.39 is 23.8 Å². The topological polar surface area (TPSA) is 133 Å². The third-order valence-corrected chi connectivity index (χ3v) is 4.45. The zero-order valence-corrected chi connectivity index (χ0v) is 18.6. The minimum absolute atomic E-state index is 0.0987. The van der Waals surface area contributed by atoms with E-state index in [0.717, 1.165) is 0 Å². The molecule has 0 aliphatic carbocycles. The van der Waals surface area contributed by atoms with Gasteiger partial charge in [0.2, 0.25) is 11.8 Å². The van der Waals surface area contributed by atoms with E-state index in [0.29, 0.717) is 11.1 Å². The number of amides is 2. The van der Waals surface area contributed by atoms with E-state index in [2.05, 4.69) is 10.6 Å². The van der Waals surface area contributed by atoms with Crippen LogP contribution in [0.3, 0.4) is 0 Å². The normalized spacial score (nSPS) is 11.5. The molecule has 174 valence electrons. The first-order valence-corrected chi connectivity index (χ1v) is 10.2. The molecule has 0 heterocycles. The number of hydrogen-bond donors (Lipinski definition) is 4. The molecule has 2 amide bonds. The molecular weight excluding hydrogens is 436 g/mol. The smallest absolute Gasteiger partial charge is 0.337 e. The van der Waals surface area contributed by atoms with E-state index in [4.69, 9.17) is 0 Å². The number of aromatic carboxylic acids is 2. The van der Waals surface area contributed by atoms with Crippen molar-refractivity contribution in [1.82, 2.24) is 0 Å². The van der Waals surface area contributed by atoms with Crippen molar-refractivity contribution in [2.75, 3.05) is 10.6 Å². The number of allylic oxidation sites excluding steroid dienone is 6. The predicted molar refractivity (Wildman–Crippen MR) is 131 cm³/mol. The Bertz CT molecular complexity index is 1130. The van der Waals surface area contributed by atoms with Gasteiger partial charge in [0.25, 0.3) is 0 Å². The molecule has 4 N–H and O–H groups in total. The summed E-state index contributed by atoms with van der Waals surface area (Å²) in [6.07, 6.45) is 12.4. The van der Waals surface area contributed by atoms with E-state index in [-0.39, 0.29) is 22.5 Å². The second kappa shape index (κ2) is 12.4. The average molecular weight is 460 g/mol. The van der Waals surface area contributed by atoms with Crippen molar-refractivity contribution in [3.8, 4) is 11.1 Å². The van der Waals surface area contributed by atoms with E-state index in [1.54, 1.807) is 50.3 Å². The lowest BCUT2D eigenvalue weighted by Crippen LogP contribution is -2.13. The quantitative estimate of drug-likeness (QED) is 0.311. The van der Waals surface area contributed by atoms with Crippen LogP contribution in [-0.4, -0.2) is 34.0 Å². The fourth-order valence-electron chi connectivity index (χ4n) is 2.88. The van der Waals surface area contributed by atoms with Crippen molar-refractivity contribution in [3.63, 3.8) is 0 Å². The fraction of sp³-hybridized carbons (Fsp3) is 0.0769. The second-order valence-corrected chi connectivity index (χ2v) is 6.88. The van der Waals surface area contributed by atoms with Crippen LogP contribution in [0, 0.1) is 0 Å². The highest BCUT2D eigenvalue weighted by Gasteiger charge is 2.16. The van der Waals surface area contributed by atoms with E-state index in [1.165, 1.54) is 48.6 Å². The molecule has 0 unspecified atom stereocenters.